The summed E-state index contributed by atoms with van der Waals surface area (Å²) in [6, 6.07) is 2.27. The van der Waals surface area contributed by atoms with Crippen LogP contribution in [0.5, 0.6) is 0 Å². The van der Waals surface area contributed by atoms with Crippen molar-refractivity contribution in [3.8, 4) is 0 Å². The van der Waals surface area contributed by atoms with Crippen LogP contribution in [0.15, 0.2) is 18.5 Å². The number of halogens is 1. The number of nitrogens with zero attached hydrogens (tertiary/aromatic N) is 2. The standard InChI is InChI=1S/C13H20ClN3/c1-10(11-4-7-17(2)8-5-11)16-13-9-15-6-3-12(13)14/h3,6,9-11,16H,4-5,7-8H2,1-2H3. The number of aromatic nitrogens is 1. The van der Waals surface area contributed by atoms with Crippen LogP contribution in [-0.2, 0) is 0 Å². The maximum Gasteiger partial charge on any atom is 0.0718 e. The first-order chi connectivity index (χ1) is 8.16. The molecule has 2 heterocycles. The highest BCUT2D eigenvalue weighted by molar-refractivity contribution is 6.33. The molecular formula is C13H20ClN3. The van der Waals surface area contributed by atoms with Crippen LogP contribution in [-0.4, -0.2) is 36.1 Å². The Bertz CT molecular complexity index is 361. The SMILES string of the molecule is CC(Nc1cnccc1Cl)C1CCN(C)CC1. The van der Waals surface area contributed by atoms with Gasteiger partial charge in [0.15, 0.2) is 0 Å². The highest BCUT2D eigenvalue weighted by atomic mass is 35.5. The molecule has 0 aromatic carbocycles. The topological polar surface area (TPSA) is 28.2 Å². The van der Waals surface area contributed by atoms with E-state index in [1.807, 2.05) is 6.07 Å². The molecule has 4 heteroatoms. The fourth-order valence-corrected chi connectivity index (χ4v) is 2.54. The van der Waals surface area contributed by atoms with Gasteiger partial charge < -0.3 is 10.2 Å². The predicted octanol–water partition coefficient (Wildman–Crippen LogP) is 2.88. The van der Waals surface area contributed by atoms with Crippen LogP contribution in [0.25, 0.3) is 0 Å². The Kier molecular flexibility index (Phi) is 4.24. The molecule has 0 amide bonds. The number of rotatable bonds is 3. The third-order valence-electron chi connectivity index (χ3n) is 3.62. The molecule has 1 atom stereocenters. The van der Waals surface area contributed by atoms with Crippen LogP contribution in [0.4, 0.5) is 5.69 Å². The summed E-state index contributed by atoms with van der Waals surface area (Å²) in [5, 5.41) is 4.23. The second-order valence-electron chi connectivity index (χ2n) is 4.93. The first kappa shape index (κ1) is 12.7. The Morgan fingerprint density at radius 3 is 2.82 bits per heavy atom. The number of pyridine rings is 1. The summed E-state index contributed by atoms with van der Waals surface area (Å²) in [6.45, 7) is 4.62. The lowest BCUT2D eigenvalue weighted by molar-refractivity contribution is 0.208. The number of hydrogen-bond donors (Lipinski definition) is 1. The summed E-state index contributed by atoms with van der Waals surface area (Å²) >= 11 is 6.12. The van der Waals surface area contributed by atoms with Crippen molar-refractivity contribution in [2.75, 3.05) is 25.5 Å². The summed E-state index contributed by atoms with van der Waals surface area (Å²) in [5.41, 5.74) is 0.945. The summed E-state index contributed by atoms with van der Waals surface area (Å²) < 4.78 is 0. The van der Waals surface area contributed by atoms with E-state index in [4.69, 9.17) is 11.6 Å². The predicted molar refractivity (Wildman–Crippen MR) is 72.6 cm³/mol. The molecule has 3 nitrogen and oxygen atoms in total. The van der Waals surface area contributed by atoms with Crippen molar-refractivity contribution in [2.24, 2.45) is 5.92 Å². The number of hydrogen-bond acceptors (Lipinski definition) is 3. The van der Waals surface area contributed by atoms with Crippen molar-refractivity contribution in [2.45, 2.75) is 25.8 Å². The molecule has 2 rings (SSSR count). The molecule has 1 aliphatic rings. The van der Waals surface area contributed by atoms with E-state index >= 15 is 0 Å². The van der Waals surface area contributed by atoms with Gasteiger partial charge >= 0.3 is 0 Å². The van der Waals surface area contributed by atoms with Gasteiger partial charge in [0.25, 0.3) is 0 Å². The Balaban J connectivity index is 1.93. The van der Waals surface area contributed by atoms with Gasteiger partial charge in [-0.25, -0.2) is 0 Å². The van der Waals surface area contributed by atoms with Gasteiger partial charge in [0.05, 0.1) is 16.9 Å². The summed E-state index contributed by atoms with van der Waals surface area (Å²) in [5.74, 6) is 0.725. The quantitative estimate of drug-likeness (QED) is 0.898. The lowest BCUT2D eigenvalue weighted by Crippen LogP contribution is -2.37. The van der Waals surface area contributed by atoms with E-state index in [1.165, 1.54) is 25.9 Å². The maximum absolute atomic E-state index is 6.12. The lowest BCUT2D eigenvalue weighted by Gasteiger charge is -2.33. The average Bonchev–Trinajstić information content (AvgIpc) is 2.33. The Morgan fingerprint density at radius 1 is 1.47 bits per heavy atom. The van der Waals surface area contributed by atoms with Gasteiger partial charge in [-0.05, 0) is 51.9 Å². The summed E-state index contributed by atoms with van der Waals surface area (Å²) in [7, 11) is 2.19. The first-order valence-corrected chi connectivity index (χ1v) is 6.59. The highest BCUT2D eigenvalue weighted by Gasteiger charge is 2.22. The second kappa shape index (κ2) is 5.69. The normalized spacial score (nSPS) is 20.2. The van der Waals surface area contributed by atoms with E-state index < -0.39 is 0 Å². The lowest BCUT2D eigenvalue weighted by atomic mass is 9.90. The third-order valence-corrected chi connectivity index (χ3v) is 3.95. The van der Waals surface area contributed by atoms with Crippen molar-refractivity contribution < 1.29 is 0 Å². The third kappa shape index (κ3) is 3.33. The molecule has 0 bridgehead atoms. The monoisotopic (exact) mass is 253 g/mol. The van der Waals surface area contributed by atoms with E-state index in [-0.39, 0.29) is 0 Å². The van der Waals surface area contributed by atoms with Gasteiger partial charge in [0.2, 0.25) is 0 Å². The fourth-order valence-electron chi connectivity index (χ4n) is 2.38. The fraction of sp³-hybridized carbons (Fsp3) is 0.615. The number of anilines is 1. The molecular weight excluding hydrogens is 234 g/mol. The molecule has 1 aromatic rings. The molecule has 1 fully saturated rings. The van der Waals surface area contributed by atoms with E-state index in [2.05, 4.69) is 29.2 Å². The molecule has 1 saturated heterocycles. The largest absolute Gasteiger partial charge is 0.380 e. The van der Waals surface area contributed by atoms with E-state index in [0.29, 0.717) is 6.04 Å². The summed E-state index contributed by atoms with van der Waals surface area (Å²) in [4.78, 5) is 6.49. The van der Waals surface area contributed by atoms with Crippen molar-refractivity contribution in [1.82, 2.24) is 9.88 Å². The molecule has 0 spiro atoms. The Hall–Kier alpha value is -0.800. The van der Waals surface area contributed by atoms with Crippen LogP contribution in [0, 0.1) is 5.92 Å². The first-order valence-electron chi connectivity index (χ1n) is 6.21. The minimum absolute atomic E-state index is 0.449. The number of likely N-dealkylation sites (tertiary alicyclic amines) is 1. The van der Waals surface area contributed by atoms with Crippen molar-refractivity contribution in [3.63, 3.8) is 0 Å². The van der Waals surface area contributed by atoms with Crippen molar-refractivity contribution >= 4 is 17.3 Å². The summed E-state index contributed by atoms with van der Waals surface area (Å²) in [6.07, 6.45) is 6.02. The van der Waals surface area contributed by atoms with Crippen LogP contribution in [0.1, 0.15) is 19.8 Å². The van der Waals surface area contributed by atoms with Gasteiger partial charge in [0, 0.05) is 12.2 Å². The smallest absolute Gasteiger partial charge is 0.0718 e. The van der Waals surface area contributed by atoms with Crippen LogP contribution < -0.4 is 5.32 Å². The van der Waals surface area contributed by atoms with Crippen LogP contribution in [0.3, 0.4) is 0 Å². The molecule has 0 radical (unpaired) electrons. The molecule has 1 unspecified atom stereocenters. The molecule has 0 saturated carbocycles. The Labute approximate surface area is 108 Å². The van der Waals surface area contributed by atoms with Crippen LogP contribution in [0.2, 0.25) is 5.02 Å². The molecule has 0 aliphatic carbocycles. The molecule has 1 aliphatic heterocycles. The van der Waals surface area contributed by atoms with Crippen LogP contribution >= 0.6 is 11.6 Å². The molecule has 1 N–H and O–H groups in total. The minimum atomic E-state index is 0.449. The van der Waals surface area contributed by atoms with Gasteiger partial charge in [-0.1, -0.05) is 11.6 Å². The zero-order valence-electron chi connectivity index (χ0n) is 10.5. The van der Waals surface area contributed by atoms with E-state index in [9.17, 15) is 0 Å². The minimum Gasteiger partial charge on any atom is -0.380 e. The average molecular weight is 254 g/mol. The number of piperidine rings is 1. The van der Waals surface area contributed by atoms with Crippen molar-refractivity contribution in [1.29, 1.82) is 0 Å². The maximum atomic E-state index is 6.12. The molecule has 1 aromatic heterocycles. The van der Waals surface area contributed by atoms with E-state index in [0.717, 1.165) is 16.6 Å². The second-order valence-corrected chi connectivity index (χ2v) is 5.34. The molecule has 94 valence electrons. The van der Waals surface area contributed by atoms with E-state index in [1.54, 1.807) is 12.4 Å². The van der Waals surface area contributed by atoms with Gasteiger partial charge in [-0.3, -0.25) is 4.98 Å². The number of nitrogens with one attached hydrogen (secondary N) is 1. The molecule has 17 heavy (non-hydrogen) atoms. The highest BCUT2D eigenvalue weighted by Crippen LogP contribution is 2.25. The Morgan fingerprint density at radius 2 is 2.18 bits per heavy atom. The zero-order chi connectivity index (χ0) is 12.3. The van der Waals surface area contributed by atoms with Gasteiger partial charge in [-0.2, -0.15) is 0 Å². The van der Waals surface area contributed by atoms with Gasteiger partial charge in [-0.15, -0.1) is 0 Å². The van der Waals surface area contributed by atoms with Gasteiger partial charge in [0.1, 0.15) is 0 Å². The van der Waals surface area contributed by atoms with Crippen molar-refractivity contribution in [3.05, 3.63) is 23.5 Å². The zero-order valence-corrected chi connectivity index (χ0v) is 11.2.